The number of carbonyl (C=O) groups excluding carboxylic acids is 2. The zero-order valence-corrected chi connectivity index (χ0v) is 11.6. The summed E-state index contributed by atoms with van der Waals surface area (Å²) in [7, 11) is 0. The molecule has 3 nitrogen and oxygen atoms in total. The van der Waals surface area contributed by atoms with E-state index >= 15 is 0 Å². The van der Waals surface area contributed by atoms with Crippen molar-refractivity contribution in [1.29, 1.82) is 0 Å². The van der Waals surface area contributed by atoms with Gasteiger partial charge in [0.25, 0.3) is 0 Å². The average molecular weight is 289 g/mol. The third kappa shape index (κ3) is 3.45. The third-order valence-electron chi connectivity index (χ3n) is 2.79. The number of halogens is 1. The summed E-state index contributed by atoms with van der Waals surface area (Å²) in [4.78, 5) is 24.0. The van der Waals surface area contributed by atoms with Crippen LogP contribution in [0.2, 0.25) is 5.02 Å². The summed E-state index contributed by atoms with van der Waals surface area (Å²) in [6.07, 6.45) is -0.844. The molecule has 2 aromatic rings. The fraction of sp³-hybridized carbons (Fsp3) is 0.125. The van der Waals surface area contributed by atoms with Gasteiger partial charge in [-0.15, -0.1) is 0 Å². The van der Waals surface area contributed by atoms with E-state index < -0.39 is 12.1 Å². The Morgan fingerprint density at radius 3 is 2.15 bits per heavy atom. The fourth-order valence-corrected chi connectivity index (χ4v) is 1.83. The largest absolute Gasteiger partial charge is 0.451 e. The van der Waals surface area contributed by atoms with Crippen LogP contribution in [0.3, 0.4) is 0 Å². The van der Waals surface area contributed by atoms with Crippen molar-refractivity contribution >= 4 is 23.4 Å². The van der Waals surface area contributed by atoms with Gasteiger partial charge in [0.2, 0.25) is 5.78 Å². The molecule has 102 valence electrons. The van der Waals surface area contributed by atoms with Crippen molar-refractivity contribution in [3.05, 3.63) is 70.7 Å². The quantitative estimate of drug-likeness (QED) is 0.635. The van der Waals surface area contributed by atoms with Gasteiger partial charge >= 0.3 is 5.97 Å². The zero-order valence-electron chi connectivity index (χ0n) is 10.9. The molecular weight excluding hydrogens is 276 g/mol. The highest BCUT2D eigenvalue weighted by Gasteiger charge is 2.20. The summed E-state index contributed by atoms with van der Waals surface area (Å²) in [5.41, 5.74) is 0.881. The van der Waals surface area contributed by atoms with Crippen molar-refractivity contribution < 1.29 is 14.3 Å². The monoisotopic (exact) mass is 288 g/mol. The minimum absolute atomic E-state index is 0.258. The van der Waals surface area contributed by atoms with E-state index in [-0.39, 0.29) is 5.78 Å². The van der Waals surface area contributed by atoms with Crippen LogP contribution in [0.4, 0.5) is 0 Å². The molecule has 1 atom stereocenters. The lowest BCUT2D eigenvalue weighted by Gasteiger charge is -2.12. The fourth-order valence-electron chi connectivity index (χ4n) is 1.71. The van der Waals surface area contributed by atoms with Crippen LogP contribution in [0.5, 0.6) is 0 Å². The first kappa shape index (κ1) is 14.3. The number of rotatable bonds is 4. The minimum Gasteiger partial charge on any atom is -0.451 e. The van der Waals surface area contributed by atoms with E-state index in [2.05, 4.69) is 0 Å². The Labute approximate surface area is 122 Å². The first-order valence-corrected chi connectivity index (χ1v) is 6.51. The predicted octanol–water partition coefficient (Wildman–Crippen LogP) is 3.77. The van der Waals surface area contributed by atoms with Crippen LogP contribution in [-0.2, 0) is 4.74 Å². The van der Waals surface area contributed by atoms with Gasteiger partial charge < -0.3 is 4.74 Å². The lowest BCUT2D eigenvalue weighted by atomic mass is 10.1. The highest BCUT2D eigenvalue weighted by molar-refractivity contribution is 6.30. The van der Waals surface area contributed by atoms with Crippen LogP contribution in [-0.4, -0.2) is 17.9 Å². The lowest BCUT2D eigenvalue weighted by molar-refractivity contribution is 0.0319. The van der Waals surface area contributed by atoms with Gasteiger partial charge in [0.1, 0.15) is 0 Å². The normalized spacial score (nSPS) is 11.7. The van der Waals surface area contributed by atoms with Crippen LogP contribution in [0.25, 0.3) is 0 Å². The van der Waals surface area contributed by atoms with Gasteiger partial charge in [-0.3, -0.25) is 4.79 Å². The Hall–Kier alpha value is -2.13. The van der Waals surface area contributed by atoms with Crippen molar-refractivity contribution in [2.75, 3.05) is 0 Å². The second kappa shape index (κ2) is 6.35. The Morgan fingerprint density at radius 2 is 1.55 bits per heavy atom. The van der Waals surface area contributed by atoms with E-state index in [0.29, 0.717) is 16.1 Å². The second-order valence-corrected chi connectivity index (χ2v) is 4.72. The first-order valence-electron chi connectivity index (χ1n) is 6.14. The molecule has 0 bridgehead atoms. The van der Waals surface area contributed by atoms with E-state index in [1.807, 2.05) is 0 Å². The molecule has 2 rings (SSSR count). The van der Waals surface area contributed by atoms with Gasteiger partial charge in [0, 0.05) is 10.6 Å². The highest BCUT2D eigenvalue weighted by atomic mass is 35.5. The van der Waals surface area contributed by atoms with Gasteiger partial charge in [-0.05, 0) is 43.3 Å². The lowest BCUT2D eigenvalue weighted by Crippen LogP contribution is -2.24. The van der Waals surface area contributed by atoms with Crippen LogP contribution < -0.4 is 0 Å². The maximum atomic E-state index is 12.1. The summed E-state index contributed by atoms with van der Waals surface area (Å²) in [5.74, 6) is -0.772. The molecule has 0 aliphatic rings. The van der Waals surface area contributed by atoms with Gasteiger partial charge in [-0.25, -0.2) is 4.79 Å². The number of carbonyl (C=O) groups is 2. The molecule has 0 N–H and O–H groups in total. The molecule has 0 spiro atoms. The number of benzene rings is 2. The molecule has 0 saturated heterocycles. The standard InChI is InChI=1S/C16H13ClO3/c1-11(15(18)12-7-9-14(17)10-8-12)20-16(19)13-5-3-2-4-6-13/h2-11H,1H3/t11-/m1/s1. The molecule has 0 aromatic heterocycles. The van der Waals surface area contributed by atoms with E-state index in [1.54, 1.807) is 61.5 Å². The van der Waals surface area contributed by atoms with Crippen molar-refractivity contribution in [2.24, 2.45) is 0 Å². The Bertz CT molecular complexity index is 605. The van der Waals surface area contributed by atoms with E-state index in [0.717, 1.165) is 0 Å². The van der Waals surface area contributed by atoms with E-state index in [1.165, 1.54) is 0 Å². The molecule has 0 saturated carbocycles. The van der Waals surface area contributed by atoms with Crippen LogP contribution in [0.1, 0.15) is 27.6 Å². The summed E-state index contributed by atoms with van der Waals surface area (Å²) in [6, 6.07) is 15.0. The number of esters is 1. The SMILES string of the molecule is C[C@@H](OC(=O)c1ccccc1)C(=O)c1ccc(Cl)cc1. The van der Waals surface area contributed by atoms with Gasteiger partial charge in [0.15, 0.2) is 6.10 Å². The molecule has 0 radical (unpaired) electrons. The van der Waals surface area contributed by atoms with Crippen molar-refractivity contribution in [3.63, 3.8) is 0 Å². The minimum atomic E-state index is -0.844. The summed E-state index contributed by atoms with van der Waals surface area (Å²) >= 11 is 5.76. The number of hydrogen-bond donors (Lipinski definition) is 0. The predicted molar refractivity (Wildman–Crippen MR) is 77.1 cm³/mol. The van der Waals surface area contributed by atoms with Crippen LogP contribution >= 0.6 is 11.6 Å². The molecule has 2 aromatic carbocycles. The van der Waals surface area contributed by atoms with Crippen molar-refractivity contribution in [2.45, 2.75) is 13.0 Å². The van der Waals surface area contributed by atoms with Crippen LogP contribution in [0, 0.1) is 0 Å². The third-order valence-corrected chi connectivity index (χ3v) is 3.04. The number of ether oxygens (including phenoxy) is 1. The average Bonchev–Trinajstić information content (AvgIpc) is 2.48. The molecule has 0 heterocycles. The maximum absolute atomic E-state index is 12.1. The number of ketones is 1. The van der Waals surface area contributed by atoms with E-state index in [4.69, 9.17) is 16.3 Å². The van der Waals surface area contributed by atoms with Crippen molar-refractivity contribution in [1.82, 2.24) is 0 Å². The highest BCUT2D eigenvalue weighted by Crippen LogP contribution is 2.13. The second-order valence-electron chi connectivity index (χ2n) is 4.28. The maximum Gasteiger partial charge on any atom is 0.338 e. The molecule has 0 aliphatic carbocycles. The topological polar surface area (TPSA) is 43.4 Å². The van der Waals surface area contributed by atoms with Crippen LogP contribution in [0.15, 0.2) is 54.6 Å². The van der Waals surface area contributed by atoms with Crippen molar-refractivity contribution in [3.8, 4) is 0 Å². The number of Topliss-reactive ketones (excluding diaryl/α,β-unsaturated/α-hetero) is 1. The molecule has 0 unspecified atom stereocenters. The van der Waals surface area contributed by atoms with Gasteiger partial charge in [-0.1, -0.05) is 29.8 Å². The summed E-state index contributed by atoms with van der Waals surface area (Å²) in [5, 5.41) is 0.551. The van der Waals surface area contributed by atoms with Gasteiger partial charge in [-0.2, -0.15) is 0 Å². The molecule has 0 amide bonds. The Kier molecular flexibility index (Phi) is 4.53. The molecule has 20 heavy (non-hydrogen) atoms. The Balaban J connectivity index is 2.05. The Morgan fingerprint density at radius 1 is 0.950 bits per heavy atom. The molecular formula is C16H13ClO3. The smallest absolute Gasteiger partial charge is 0.338 e. The molecule has 0 aliphatic heterocycles. The summed E-state index contributed by atoms with van der Waals surface area (Å²) < 4.78 is 5.16. The summed E-state index contributed by atoms with van der Waals surface area (Å²) in [6.45, 7) is 1.55. The molecule has 4 heteroatoms. The van der Waals surface area contributed by atoms with E-state index in [9.17, 15) is 9.59 Å². The molecule has 0 fully saturated rings. The first-order chi connectivity index (χ1) is 9.58. The van der Waals surface area contributed by atoms with Gasteiger partial charge in [0.05, 0.1) is 5.56 Å². The zero-order chi connectivity index (χ0) is 14.5. The number of hydrogen-bond acceptors (Lipinski definition) is 3.